The number of anilines is 4. The van der Waals surface area contributed by atoms with Gasteiger partial charge in [0.2, 0.25) is 0 Å². The molecule has 8 heteroatoms. The second kappa shape index (κ2) is 16.2. The van der Waals surface area contributed by atoms with Crippen molar-refractivity contribution in [1.29, 1.82) is 0 Å². The van der Waals surface area contributed by atoms with Crippen molar-refractivity contribution in [1.82, 2.24) is 14.1 Å². The SMILES string of the molecule is [2H]c1c([2H])c([2H])c(-c2cccc(-c3ccccc3)c2-n2[c](=[Pt])n(-c3[c-]c(Oc4cccc(N5B(c6ccccc6)N(c6ccccc6)c6ccc[c-]c65)n4)ccc3)c3ccccc32)c([2H])c1[2H]. The van der Waals surface area contributed by atoms with Crippen LogP contribution in [0.2, 0.25) is 0 Å². The summed E-state index contributed by atoms with van der Waals surface area (Å²) in [6.45, 7) is -0.265. The third-order valence-electron chi connectivity index (χ3n) is 10.9. The van der Waals surface area contributed by atoms with Gasteiger partial charge in [0.25, 0.3) is 0 Å². The molecule has 3 heterocycles. The summed E-state index contributed by atoms with van der Waals surface area (Å²) in [5, 5.41) is 0. The molecular weight excluding hydrogens is 941 g/mol. The third-order valence-corrected chi connectivity index (χ3v) is 11.9. The average Bonchev–Trinajstić information content (AvgIpc) is 3.88. The first-order valence-corrected chi connectivity index (χ1v) is 21.2. The molecule has 298 valence electrons. The number of rotatable bonds is 9. The molecule has 2 aromatic heterocycles. The van der Waals surface area contributed by atoms with E-state index in [9.17, 15) is 0 Å². The van der Waals surface area contributed by atoms with Gasteiger partial charge >= 0.3 is 296 Å². The third kappa shape index (κ3) is 6.68. The summed E-state index contributed by atoms with van der Waals surface area (Å²) in [6.07, 6.45) is 0. The Balaban J connectivity index is 1.03. The standard InChI is InChI=1S/C54H36BN5O.Pt/c1-5-20-40(21-6-1)46-30-18-31-47(41-22-7-2-8-23-41)54(46)58-39-57(48-32-13-14-33-49(48)58)44-28-17-29-45(38-44)61-53-37-19-36-52(56-53)60-51-35-16-15-34-50(51)59(43-26-11-4-12-27-43)55(60)42-24-9-3-10-25-42;/h1-34,36-37H;/q-2;/i1D,5D,6D,20D,21D;. The van der Waals surface area contributed by atoms with Gasteiger partial charge in [-0.25, -0.2) is 0 Å². The van der Waals surface area contributed by atoms with E-state index in [1.807, 2.05) is 146 Å². The van der Waals surface area contributed by atoms with E-state index in [0.717, 1.165) is 48.5 Å². The molecule has 11 rings (SSSR count). The Kier molecular flexibility index (Phi) is 8.44. The number of hydrogen-bond acceptors (Lipinski definition) is 4. The molecule has 0 saturated heterocycles. The molecule has 10 aromatic rings. The normalized spacial score (nSPS) is 13.3. The first kappa shape index (κ1) is 32.3. The fourth-order valence-corrected chi connectivity index (χ4v) is 9.39. The number of nitrogens with zero attached hydrogens (tertiary/aromatic N) is 5. The molecular formula is C54H36BN5OPt-2. The van der Waals surface area contributed by atoms with Crippen LogP contribution in [-0.4, -0.2) is 21.1 Å². The van der Waals surface area contributed by atoms with Crippen LogP contribution < -0.4 is 19.8 Å². The van der Waals surface area contributed by atoms with E-state index in [2.05, 4.69) is 92.7 Å². The molecule has 0 atom stereocenters. The predicted octanol–water partition coefficient (Wildman–Crippen LogP) is 12.3. The first-order chi connectivity index (χ1) is 32.8. The maximum absolute atomic E-state index is 9.05. The summed E-state index contributed by atoms with van der Waals surface area (Å²) in [6, 6.07) is 67.2. The monoisotopic (exact) mass is 981 g/mol. The van der Waals surface area contributed by atoms with Gasteiger partial charge in [-0.15, -0.1) is 6.07 Å². The van der Waals surface area contributed by atoms with Crippen LogP contribution in [0.5, 0.6) is 11.6 Å². The number of aromatic nitrogens is 3. The van der Waals surface area contributed by atoms with Crippen molar-refractivity contribution in [2.45, 2.75) is 0 Å². The molecule has 0 bridgehead atoms. The zero-order valence-electron chi connectivity index (χ0n) is 37.9. The topological polar surface area (TPSA) is 38.5 Å². The van der Waals surface area contributed by atoms with Crippen molar-refractivity contribution in [3.63, 3.8) is 0 Å². The number of ether oxygens (including phenoxy) is 1. The molecule has 1 aliphatic heterocycles. The molecule has 6 nitrogen and oxygen atoms in total. The number of para-hydroxylation sites is 5. The van der Waals surface area contributed by atoms with Crippen molar-refractivity contribution in [3.05, 3.63) is 234 Å². The Morgan fingerprint density at radius 2 is 1.24 bits per heavy atom. The van der Waals surface area contributed by atoms with Crippen molar-refractivity contribution >= 4 is 46.4 Å². The van der Waals surface area contributed by atoms with E-state index < -0.39 is 18.1 Å². The van der Waals surface area contributed by atoms with Gasteiger partial charge in [-0.1, -0.05) is 48.5 Å². The van der Waals surface area contributed by atoms with Crippen LogP contribution in [0.4, 0.5) is 22.9 Å². The molecule has 1 aliphatic rings. The molecule has 0 spiro atoms. The Morgan fingerprint density at radius 3 is 2.02 bits per heavy atom. The van der Waals surface area contributed by atoms with Gasteiger partial charge in [0.05, 0.1) is 0 Å². The molecule has 0 fully saturated rings. The maximum atomic E-state index is 9.05. The molecule has 0 N–H and O–H groups in total. The molecule has 0 saturated carbocycles. The summed E-state index contributed by atoms with van der Waals surface area (Å²) in [5.74, 6) is 1.52. The van der Waals surface area contributed by atoms with Gasteiger partial charge in [0, 0.05) is 5.69 Å². The second-order valence-electron chi connectivity index (χ2n) is 14.6. The predicted molar refractivity (Wildman–Crippen MR) is 248 cm³/mol. The van der Waals surface area contributed by atoms with E-state index in [-0.39, 0.29) is 24.6 Å². The van der Waals surface area contributed by atoms with E-state index in [1.54, 1.807) is 0 Å². The summed E-state index contributed by atoms with van der Waals surface area (Å²) in [7, 11) is 0. The quantitative estimate of drug-likeness (QED) is 0.107. The van der Waals surface area contributed by atoms with Crippen molar-refractivity contribution in [3.8, 4) is 45.3 Å². The van der Waals surface area contributed by atoms with Crippen LogP contribution in [0.25, 0.3) is 44.7 Å². The molecule has 0 radical (unpaired) electrons. The Hall–Kier alpha value is -7.47. The zero-order chi connectivity index (χ0) is 45.8. The van der Waals surface area contributed by atoms with Crippen LogP contribution in [0.15, 0.2) is 218 Å². The average molecular weight is 982 g/mol. The summed E-state index contributed by atoms with van der Waals surface area (Å²) >= 11 is 2.30. The van der Waals surface area contributed by atoms with E-state index >= 15 is 0 Å². The number of imidazole rings is 1. The summed E-state index contributed by atoms with van der Waals surface area (Å²) in [5.41, 5.74) is 9.42. The van der Waals surface area contributed by atoms with Gasteiger partial charge in [-0.05, 0) is 12.1 Å². The molecule has 62 heavy (non-hydrogen) atoms. The van der Waals surface area contributed by atoms with Crippen molar-refractivity contribution in [2.75, 3.05) is 9.62 Å². The van der Waals surface area contributed by atoms with E-state index in [1.165, 1.54) is 0 Å². The van der Waals surface area contributed by atoms with E-state index in [4.69, 9.17) is 16.6 Å². The fourth-order valence-electron chi connectivity index (χ4n) is 8.32. The van der Waals surface area contributed by atoms with Gasteiger partial charge in [-0.3, -0.25) is 0 Å². The van der Waals surface area contributed by atoms with E-state index in [0.29, 0.717) is 34.4 Å². The fraction of sp³-hybridized carbons (Fsp3) is 0. The molecule has 0 amide bonds. The molecule has 0 unspecified atom stereocenters. The van der Waals surface area contributed by atoms with Crippen LogP contribution in [0, 0.1) is 15.9 Å². The molecule has 8 aromatic carbocycles. The number of benzene rings is 8. The van der Waals surface area contributed by atoms with Crippen LogP contribution >= 0.6 is 0 Å². The van der Waals surface area contributed by atoms with Gasteiger partial charge < -0.3 is 0 Å². The number of pyridine rings is 1. The van der Waals surface area contributed by atoms with Gasteiger partial charge in [0.1, 0.15) is 0 Å². The van der Waals surface area contributed by atoms with Gasteiger partial charge in [0.15, 0.2) is 0 Å². The Bertz CT molecular complexity index is 3550. The zero-order valence-corrected chi connectivity index (χ0v) is 35.2. The minimum absolute atomic E-state index is 0.119. The van der Waals surface area contributed by atoms with Crippen LogP contribution in [-0.2, 0) is 19.4 Å². The summed E-state index contributed by atoms with van der Waals surface area (Å²) < 4.78 is 55.2. The Morgan fingerprint density at radius 1 is 0.581 bits per heavy atom. The van der Waals surface area contributed by atoms with Crippen molar-refractivity contribution in [2.24, 2.45) is 0 Å². The van der Waals surface area contributed by atoms with Crippen LogP contribution in [0.3, 0.4) is 0 Å². The second-order valence-corrected chi connectivity index (χ2v) is 15.6. The van der Waals surface area contributed by atoms with Gasteiger partial charge in [-0.2, -0.15) is 12.1 Å². The minimum atomic E-state index is -0.441. The van der Waals surface area contributed by atoms with Crippen molar-refractivity contribution < 1.29 is 30.9 Å². The molecule has 0 aliphatic carbocycles. The summed E-state index contributed by atoms with van der Waals surface area (Å²) in [4.78, 5) is 9.64. The Labute approximate surface area is 378 Å². The van der Waals surface area contributed by atoms with Crippen LogP contribution in [0.1, 0.15) is 6.85 Å². The number of hydrogen-bond donors (Lipinski definition) is 0. The number of fused-ring (bicyclic) bond motifs is 2. The first-order valence-electron chi connectivity index (χ1n) is 22.6.